The highest BCUT2D eigenvalue weighted by molar-refractivity contribution is 6.33. The summed E-state index contributed by atoms with van der Waals surface area (Å²) in [5.41, 5.74) is 2.18. The van der Waals surface area contributed by atoms with E-state index < -0.39 is 10.9 Å². The largest absolute Gasteiger partial charge is 0.550 e. The summed E-state index contributed by atoms with van der Waals surface area (Å²) in [6.45, 7) is 3.58. The van der Waals surface area contributed by atoms with Crippen molar-refractivity contribution in [2.24, 2.45) is 16.1 Å². The maximum absolute atomic E-state index is 10.7. The van der Waals surface area contributed by atoms with Crippen molar-refractivity contribution in [1.29, 1.82) is 0 Å². The molecule has 0 amide bonds. The minimum absolute atomic E-state index is 0.0779. The van der Waals surface area contributed by atoms with Gasteiger partial charge in [0.25, 0.3) is 5.69 Å². The topological polar surface area (TPSA) is 146 Å². The highest BCUT2D eigenvalue weighted by Crippen LogP contribution is 2.30. The lowest BCUT2D eigenvalue weighted by atomic mass is 10.1. The Morgan fingerprint density at radius 2 is 1.77 bits per heavy atom. The van der Waals surface area contributed by atoms with Crippen molar-refractivity contribution >= 4 is 34.6 Å². The molecule has 0 fully saturated rings. The Bertz CT molecular complexity index is 894. The predicted molar refractivity (Wildman–Crippen MR) is 117 cm³/mol. The van der Waals surface area contributed by atoms with E-state index in [4.69, 9.17) is 27.3 Å². The first-order valence-corrected chi connectivity index (χ1v) is 9.80. The number of nitrogens with one attached hydrogen (secondary N) is 1. The molecule has 0 aliphatic heterocycles. The molecule has 0 saturated carbocycles. The molecule has 0 aliphatic carbocycles. The van der Waals surface area contributed by atoms with Crippen LogP contribution in [0.5, 0.6) is 0 Å². The Kier molecular flexibility index (Phi) is 10.7. The molecule has 2 aromatic carbocycles. The minimum atomic E-state index is -1.08. The van der Waals surface area contributed by atoms with Crippen LogP contribution in [0, 0.1) is 10.1 Å². The molecule has 0 unspecified atom stereocenters. The minimum Gasteiger partial charge on any atom is -0.550 e. The standard InChI is InChI=1S/C18H24ClN6O2.C2H4O2/c1-25(2,20)12-11-21-10-9-14-3-5-15(6-4-14)22-23-18-8-7-16(24(26)27)13-17(18)19;1-2(3)4/h3-8,13,21H,9-12,20H2,1-2H3;1H3,(H,3,4)/q+1;/p-1. The lowest BCUT2D eigenvalue weighted by Gasteiger charge is -2.22. The van der Waals surface area contributed by atoms with Crippen molar-refractivity contribution in [3.05, 3.63) is 63.2 Å². The van der Waals surface area contributed by atoms with Gasteiger partial charge in [-0.1, -0.05) is 23.7 Å². The van der Waals surface area contributed by atoms with E-state index in [-0.39, 0.29) is 10.7 Å². The zero-order chi connectivity index (χ0) is 23.4. The van der Waals surface area contributed by atoms with Crippen molar-refractivity contribution in [1.82, 2.24) is 5.32 Å². The van der Waals surface area contributed by atoms with E-state index in [1.807, 2.05) is 38.4 Å². The van der Waals surface area contributed by atoms with Gasteiger partial charge in [-0.05, 0) is 43.7 Å². The lowest BCUT2D eigenvalue weighted by molar-refractivity contribution is -0.901. The van der Waals surface area contributed by atoms with Gasteiger partial charge in [0, 0.05) is 24.6 Å². The van der Waals surface area contributed by atoms with Crippen LogP contribution in [0.25, 0.3) is 0 Å². The van der Waals surface area contributed by atoms with Gasteiger partial charge >= 0.3 is 0 Å². The van der Waals surface area contributed by atoms with E-state index in [0.29, 0.717) is 16.0 Å². The average Bonchev–Trinajstić information content (AvgIpc) is 2.66. The molecular weight excluding hydrogens is 424 g/mol. The second kappa shape index (κ2) is 12.7. The number of azo groups is 1. The summed E-state index contributed by atoms with van der Waals surface area (Å²) < 4.78 is 0.450. The van der Waals surface area contributed by atoms with Crippen molar-refractivity contribution in [3.63, 3.8) is 0 Å². The zero-order valence-corrected chi connectivity index (χ0v) is 18.5. The Balaban J connectivity index is 0.00000110. The van der Waals surface area contributed by atoms with Crippen LogP contribution >= 0.6 is 11.6 Å². The number of non-ortho nitro benzene ring substituents is 1. The van der Waals surface area contributed by atoms with Crippen LogP contribution in [0.3, 0.4) is 0 Å². The molecule has 31 heavy (non-hydrogen) atoms. The first-order chi connectivity index (χ1) is 14.5. The monoisotopic (exact) mass is 450 g/mol. The molecule has 0 atom stereocenters. The number of nitro benzene ring substituents is 1. The molecule has 0 aromatic heterocycles. The average molecular weight is 451 g/mol. The molecule has 0 heterocycles. The number of carbonyl (C=O) groups is 1. The second-order valence-corrected chi connectivity index (χ2v) is 7.66. The Labute approximate surface area is 186 Å². The first kappa shape index (κ1) is 26.1. The van der Waals surface area contributed by atoms with Gasteiger partial charge in [-0.15, -0.1) is 5.11 Å². The van der Waals surface area contributed by atoms with E-state index in [1.165, 1.54) is 23.8 Å². The molecule has 11 heteroatoms. The third-order valence-electron chi connectivity index (χ3n) is 3.81. The molecule has 0 spiro atoms. The Morgan fingerprint density at radius 1 is 1.16 bits per heavy atom. The number of hydrogen-bond acceptors (Lipinski definition) is 8. The number of aliphatic carboxylic acids is 1. The molecule has 0 radical (unpaired) electrons. The van der Waals surface area contributed by atoms with Crippen molar-refractivity contribution < 1.29 is 19.4 Å². The summed E-state index contributed by atoms with van der Waals surface area (Å²) in [6, 6.07) is 11.8. The smallest absolute Gasteiger partial charge is 0.271 e. The first-order valence-electron chi connectivity index (χ1n) is 9.42. The number of rotatable bonds is 9. The van der Waals surface area contributed by atoms with E-state index in [0.717, 1.165) is 33.0 Å². The fourth-order valence-electron chi connectivity index (χ4n) is 2.26. The molecule has 168 valence electrons. The SMILES string of the molecule is CC(=O)[O-].C[N+](C)(N)CCNCCc1ccc(N=Nc2ccc([N+](=O)[O-])cc2Cl)cc1. The second-order valence-electron chi connectivity index (χ2n) is 7.25. The third kappa shape index (κ3) is 11.7. The summed E-state index contributed by atoms with van der Waals surface area (Å²) in [6.07, 6.45) is 0.906. The fourth-order valence-corrected chi connectivity index (χ4v) is 2.47. The molecule has 2 aromatic rings. The molecule has 3 N–H and O–H groups in total. The quantitative estimate of drug-likeness (QED) is 0.150. The van der Waals surface area contributed by atoms with Crippen molar-refractivity contribution in [2.45, 2.75) is 13.3 Å². The van der Waals surface area contributed by atoms with Crippen LogP contribution in [0.2, 0.25) is 5.02 Å². The Morgan fingerprint density at radius 3 is 2.29 bits per heavy atom. The van der Waals surface area contributed by atoms with Crippen LogP contribution in [-0.4, -0.2) is 49.2 Å². The number of hydrogen-bond donors (Lipinski definition) is 2. The van der Waals surface area contributed by atoms with Gasteiger partial charge in [0.05, 0.1) is 29.7 Å². The van der Waals surface area contributed by atoms with Crippen LogP contribution in [0.4, 0.5) is 17.1 Å². The van der Waals surface area contributed by atoms with Crippen LogP contribution in [0.15, 0.2) is 52.7 Å². The maximum Gasteiger partial charge on any atom is 0.271 e. The van der Waals surface area contributed by atoms with E-state index in [1.54, 1.807) is 0 Å². The summed E-state index contributed by atoms with van der Waals surface area (Å²) in [5.74, 6) is 4.80. The molecule has 0 bridgehead atoms. The van der Waals surface area contributed by atoms with E-state index in [2.05, 4.69) is 15.5 Å². The van der Waals surface area contributed by atoms with Crippen LogP contribution < -0.4 is 16.3 Å². The number of carboxylic acid groups (broad SMARTS) is 1. The molecular formula is C20H27ClN6O4. The van der Waals surface area contributed by atoms with Gasteiger partial charge in [-0.25, -0.2) is 0 Å². The van der Waals surface area contributed by atoms with E-state index >= 15 is 0 Å². The van der Waals surface area contributed by atoms with Gasteiger partial charge < -0.3 is 15.2 Å². The zero-order valence-electron chi connectivity index (χ0n) is 17.7. The number of carbonyl (C=O) groups excluding carboxylic acids is 1. The highest BCUT2D eigenvalue weighted by Gasteiger charge is 2.09. The number of nitrogens with zero attached hydrogens (tertiary/aromatic N) is 4. The van der Waals surface area contributed by atoms with Gasteiger partial charge in [0.1, 0.15) is 12.2 Å². The summed E-state index contributed by atoms with van der Waals surface area (Å²) in [7, 11) is 3.91. The summed E-state index contributed by atoms with van der Waals surface area (Å²) >= 11 is 6.00. The van der Waals surface area contributed by atoms with Crippen LogP contribution in [0.1, 0.15) is 12.5 Å². The van der Waals surface area contributed by atoms with Gasteiger partial charge in [0.15, 0.2) is 0 Å². The molecule has 2 rings (SSSR count). The number of halogens is 1. The molecule has 0 saturated heterocycles. The number of likely N-dealkylation sites (N-methyl/N-ethyl adjacent to an activating group) is 1. The lowest BCUT2D eigenvalue weighted by Crippen LogP contribution is -2.50. The number of benzene rings is 2. The van der Waals surface area contributed by atoms with Crippen molar-refractivity contribution in [2.75, 3.05) is 33.7 Å². The number of quaternary nitrogens is 1. The molecule has 10 nitrogen and oxygen atoms in total. The van der Waals surface area contributed by atoms with Gasteiger partial charge in [0.2, 0.25) is 0 Å². The van der Waals surface area contributed by atoms with Crippen LogP contribution in [-0.2, 0) is 11.2 Å². The normalized spacial score (nSPS) is 11.1. The number of nitrogens with two attached hydrogens (primary N) is 1. The predicted octanol–water partition coefficient (Wildman–Crippen LogP) is 2.50. The van der Waals surface area contributed by atoms with Gasteiger partial charge in [-0.2, -0.15) is 11.0 Å². The Hall–Kier alpha value is -2.92. The summed E-state index contributed by atoms with van der Waals surface area (Å²) in [5, 5.41) is 31.4. The summed E-state index contributed by atoms with van der Waals surface area (Å²) in [4.78, 5) is 19.1. The highest BCUT2D eigenvalue weighted by atomic mass is 35.5. The third-order valence-corrected chi connectivity index (χ3v) is 4.11. The van der Waals surface area contributed by atoms with E-state index in [9.17, 15) is 10.1 Å². The van der Waals surface area contributed by atoms with Crippen molar-refractivity contribution in [3.8, 4) is 0 Å². The maximum atomic E-state index is 10.7. The molecule has 0 aliphatic rings. The number of nitro groups is 1. The number of carboxylic acids is 1. The van der Waals surface area contributed by atoms with Gasteiger partial charge in [-0.3, -0.25) is 14.7 Å². The fraction of sp³-hybridized carbons (Fsp3) is 0.350.